The number of phosphoric acid groups is 2. The molecule has 0 aliphatic heterocycles. The highest BCUT2D eigenvalue weighted by Crippen LogP contribution is 2.45. The van der Waals surface area contributed by atoms with Gasteiger partial charge < -0.3 is 33.8 Å². The van der Waals surface area contributed by atoms with Gasteiger partial charge in [0.2, 0.25) is 0 Å². The highest BCUT2D eigenvalue weighted by atomic mass is 31.2. The molecule has 0 aromatic carbocycles. The van der Waals surface area contributed by atoms with E-state index in [9.17, 15) is 43.2 Å². The van der Waals surface area contributed by atoms with Crippen LogP contribution >= 0.6 is 15.6 Å². The SMILES string of the molecule is CCCCCCCCCCCCCCCC(=O)O[C@H](COC(=O)CCCCCCCCC(C)CC)COP(=O)(O)OC[C@H](O)COP(=O)(O)OC[C@@H](COC(=O)CCCCCCCCCCCCCCCCC(C)CC)OC(=O)CCCCCCCCCCCCCCCCC(C)CC. The Morgan fingerprint density at radius 1 is 0.283 bits per heavy atom. The lowest BCUT2D eigenvalue weighted by Gasteiger charge is -2.21. The number of rotatable bonds is 78. The van der Waals surface area contributed by atoms with Crippen molar-refractivity contribution in [3.63, 3.8) is 0 Å². The molecule has 3 N–H and O–H groups in total. The first-order chi connectivity index (χ1) is 47.8. The van der Waals surface area contributed by atoms with E-state index in [1.807, 2.05) is 0 Å². The Morgan fingerprint density at radius 2 is 0.485 bits per heavy atom. The number of phosphoric ester groups is 2. The number of carbonyl (C=O) groups excluding carboxylic acids is 4. The van der Waals surface area contributed by atoms with E-state index in [0.717, 1.165) is 114 Å². The maximum Gasteiger partial charge on any atom is 0.472 e. The van der Waals surface area contributed by atoms with Crippen molar-refractivity contribution in [2.75, 3.05) is 39.6 Å². The molecule has 0 aliphatic carbocycles. The monoisotopic (exact) mass is 1450 g/mol. The third kappa shape index (κ3) is 70.2. The van der Waals surface area contributed by atoms with Crippen LogP contribution in [0.1, 0.15) is 414 Å². The molecule has 17 nitrogen and oxygen atoms in total. The standard InChI is InChI=1S/C80H156O17P2/c1-8-12-13-14-15-16-17-22-30-35-40-49-56-63-80(85)97-76(68-91-78(83)62-55-48-43-42-46-53-60-73(7)11-4)70-95-99(88,89)93-66-74(81)65-92-98(86,87)94-69-75(96-79(84)64-57-50-41-36-31-26-21-19-24-28-33-38-45-52-59-72(6)10-3)67-90-77(82)61-54-47-39-34-29-25-20-18-23-27-32-37-44-51-58-71(5)9-2/h71-76,81H,8-70H2,1-7H3,(H,86,87)(H,88,89)/t71?,72?,73?,74-,75-,76-/m1/s1. The summed E-state index contributed by atoms with van der Waals surface area (Å²) in [5, 5.41) is 10.6. The van der Waals surface area contributed by atoms with E-state index in [1.54, 1.807) is 0 Å². The van der Waals surface area contributed by atoms with Gasteiger partial charge in [0.15, 0.2) is 12.2 Å². The van der Waals surface area contributed by atoms with Gasteiger partial charge in [-0.15, -0.1) is 0 Å². The fraction of sp³-hybridized carbons (Fsp3) is 0.950. The first kappa shape index (κ1) is 97.1. The van der Waals surface area contributed by atoms with Crippen LogP contribution in [0, 0.1) is 17.8 Å². The highest BCUT2D eigenvalue weighted by molar-refractivity contribution is 7.47. The molecule has 0 fully saturated rings. The zero-order chi connectivity index (χ0) is 73.0. The van der Waals surface area contributed by atoms with Crippen LogP contribution in [0.3, 0.4) is 0 Å². The number of ether oxygens (including phenoxy) is 4. The third-order valence-electron chi connectivity index (χ3n) is 19.7. The Kier molecular flexibility index (Phi) is 69.0. The van der Waals surface area contributed by atoms with Gasteiger partial charge in [0.1, 0.15) is 19.3 Å². The smallest absolute Gasteiger partial charge is 0.462 e. The number of hydrogen-bond donors (Lipinski definition) is 3. The Hall–Kier alpha value is -1.94. The molecule has 0 aromatic heterocycles. The maximum atomic E-state index is 13.1. The summed E-state index contributed by atoms with van der Waals surface area (Å²) in [5.41, 5.74) is 0. The Bertz CT molecular complexity index is 1930. The summed E-state index contributed by atoms with van der Waals surface area (Å²) < 4.78 is 68.7. The summed E-state index contributed by atoms with van der Waals surface area (Å²) >= 11 is 0. The number of unbranched alkanes of at least 4 members (excludes halogenated alkanes) is 43. The van der Waals surface area contributed by atoms with Gasteiger partial charge in [-0.2, -0.15) is 0 Å². The summed E-state index contributed by atoms with van der Waals surface area (Å²) in [7, 11) is -9.92. The molecule has 0 rings (SSSR count). The van der Waals surface area contributed by atoms with Crippen molar-refractivity contribution in [2.24, 2.45) is 17.8 Å². The van der Waals surface area contributed by atoms with Crippen LogP contribution in [0.15, 0.2) is 0 Å². The lowest BCUT2D eigenvalue weighted by Crippen LogP contribution is -2.30. The molecule has 0 aliphatic rings. The molecular formula is C80H156O17P2. The van der Waals surface area contributed by atoms with Crippen LogP contribution in [0.2, 0.25) is 0 Å². The molecular weight excluding hydrogens is 1290 g/mol. The summed E-state index contributed by atoms with van der Waals surface area (Å²) in [6, 6.07) is 0. The molecule has 588 valence electrons. The van der Waals surface area contributed by atoms with Crippen LogP contribution in [0.4, 0.5) is 0 Å². The van der Waals surface area contributed by atoms with Gasteiger partial charge in [-0.05, 0) is 43.4 Å². The molecule has 0 saturated heterocycles. The molecule has 99 heavy (non-hydrogen) atoms. The predicted octanol–water partition coefficient (Wildman–Crippen LogP) is 23.7. The summed E-state index contributed by atoms with van der Waals surface area (Å²) in [6.07, 6.45) is 58.1. The van der Waals surface area contributed by atoms with Crippen molar-refractivity contribution in [1.82, 2.24) is 0 Å². The number of esters is 4. The maximum absolute atomic E-state index is 13.1. The van der Waals surface area contributed by atoms with E-state index in [4.69, 9.17) is 37.0 Å². The van der Waals surface area contributed by atoms with Gasteiger partial charge in [-0.3, -0.25) is 37.3 Å². The second kappa shape index (κ2) is 70.4. The summed E-state index contributed by atoms with van der Waals surface area (Å²) in [5.74, 6) is 0.315. The second-order valence-electron chi connectivity index (χ2n) is 29.5. The largest absolute Gasteiger partial charge is 0.472 e. The molecule has 0 saturated carbocycles. The first-order valence-corrected chi connectivity index (χ1v) is 44.5. The number of aliphatic hydroxyl groups excluding tert-OH is 1. The fourth-order valence-corrected chi connectivity index (χ4v) is 13.8. The van der Waals surface area contributed by atoms with Crippen LogP contribution in [0.5, 0.6) is 0 Å². The summed E-state index contributed by atoms with van der Waals surface area (Å²) in [4.78, 5) is 73.0. The van der Waals surface area contributed by atoms with Crippen molar-refractivity contribution in [3.05, 3.63) is 0 Å². The van der Waals surface area contributed by atoms with Gasteiger partial charge in [0.05, 0.1) is 26.4 Å². The van der Waals surface area contributed by atoms with Crippen molar-refractivity contribution >= 4 is 39.5 Å². The molecule has 0 heterocycles. The Morgan fingerprint density at radius 3 is 0.717 bits per heavy atom. The zero-order valence-corrected chi connectivity index (χ0v) is 66.8. The number of hydrogen-bond acceptors (Lipinski definition) is 15. The van der Waals surface area contributed by atoms with Gasteiger partial charge in [-0.1, -0.05) is 363 Å². The van der Waals surface area contributed by atoms with E-state index in [-0.39, 0.29) is 25.7 Å². The van der Waals surface area contributed by atoms with E-state index < -0.39 is 97.5 Å². The highest BCUT2D eigenvalue weighted by Gasteiger charge is 2.30. The van der Waals surface area contributed by atoms with Gasteiger partial charge in [0, 0.05) is 25.7 Å². The zero-order valence-electron chi connectivity index (χ0n) is 65.0. The van der Waals surface area contributed by atoms with Crippen LogP contribution in [-0.4, -0.2) is 96.7 Å². The molecule has 0 amide bonds. The van der Waals surface area contributed by atoms with Crippen molar-refractivity contribution in [1.29, 1.82) is 0 Å². The van der Waals surface area contributed by atoms with Crippen LogP contribution < -0.4 is 0 Å². The van der Waals surface area contributed by atoms with Gasteiger partial charge in [0.25, 0.3) is 0 Å². The molecule has 5 unspecified atom stereocenters. The molecule has 0 spiro atoms. The second-order valence-corrected chi connectivity index (χ2v) is 32.4. The van der Waals surface area contributed by atoms with Crippen molar-refractivity contribution in [2.45, 2.75) is 433 Å². The average molecular weight is 1450 g/mol. The van der Waals surface area contributed by atoms with E-state index >= 15 is 0 Å². The topological polar surface area (TPSA) is 237 Å². The lowest BCUT2D eigenvalue weighted by atomic mass is 9.99. The van der Waals surface area contributed by atoms with Gasteiger partial charge >= 0.3 is 39.5 Å². The third-order valence-corrected chi connectivity index (χ3v) is 21.6. The molecule has 8 atom stereocenters. The van der Waals surface area contributed by atoms with Crippen LogP contribution in [-0.2, 0) is 65.4 Å². The quantitative estimate of drug-likeness (QED) is 0.0222. The Balaban J connectivity index is 5.25. The minimum Gasteiger partial charge on any atom is -0.462 e. The van der Waals surface area contributed by atoms with E-state index in [0.29, 0.717) is 25.7 Å². The minimum atomic E-state index is -4.96. The van der Waals surface area contributed by atoms with Gasteiger partial charge in [-0.25, -0.2) is 9.13 Å². The molecule has 0 aromatic rings. The normalized spacial score (nSPS) is 14.8. The lowest BCUT2D eigenvalue weighted by molar-refractivity contribution is -0.161. The molecule has 19 heteroatoms. The first-order valence-electron chi connectivity index (χ1n) is 41.5. The molecule has 0 bridgehead atoms. The number of carbonyl (C=O) groups is 4. The Labute approximate surface area is 607 Å². The van der Waals surface area contributed by atoms with Crippen LogP contribution in [0.25, 0.3) is 0 Å². The van der Waals surface area contributed by atoms with Crippen molar-refractivity contribution < 1.29 is 80.2 Å². The number of aliphatic hydroxyl groups is 1. The fourth-order valence-electron chi connectivity index (χ4n) is 12.2. The molecule has 0 radical (unpaired) electrons. The van der Waals surface area contributed by atoms with E-state index in [2.05, 4.69) is 48.5 Å². The van der Waals surface area contributed by atoms with Crippen molar-refractivity contribution in [3.8, 4) is 0 Å². The predicted molar refractivity (Wildman–Crippen MR) is 405 cm³/mol. The van der Waals surface area contributed by atoms with E-state index in [1.165, 1.54) is 218 Å². The summed E-state index contributed by atoms with van der Waals surface area (Å²) in [6.45, 7) is 12.0. The minimum absolute atomic E-state index is 0.107. The average Bonchev–Trinajstić information content (AvgIpc) is 1.09.